The second kappa shape index (κ2) is 6.61. The molecule has 21 heavy (non-hydrogen) atoms. The second-order valence-corrected chi connectivity index (χ2v) is 5.43. The summed E-state index contributed by atoms with van der Waals surface area (Å²) in [7, 11) is 0. The Labute approximate surface area is 123 Å². The van der Waals surface area contributed by atoms with Crippen LogP contribution < -0.4 is 0 Å². The number of nitrogens with zero attached hydrogens (tertiary/aromatic N) is 3. The van der Waals surface area contributed by atoms with E-state index < -0.39 is 5.83 Å². The van der Waals surface area contributed by atoms with Crippen LogP contribution in [0.3, 0.4) is 0 Å². The van der Waals surface area contributed by atoms with Crippen molar-refractivity contribution in [3.8, 4) is 0 Å². The van der Waals surface area contributed by atoms with Gasteiger partial charge in [-0.3, -0.25) is 4.98 Å². The third kappa shape index (κ3) is 3.74. The number of hydrogen-bond acceptors (Lipinski definition) is 4. The maximum Gasteiger partial charge on any atom is 0.286 e. The lowest BCUT2D eigenvalue weighted by molar-refractivity contribution is 0.387. The molecule has 0 radical (unpaired) electrons. The Morgan fingerprint density at radius 1 is 1.29 bits per heavy atom. The van der Waals surface area contributed by atoms with Crippen LogP contribution in [0.15, 0.2) is 35.0 Å². The van der Waals surface area contributed by atoms with Gasteiger partial charge in [0.15, 0.2) is 11.7 Å². The molecule has 0 bridgehead atoms. The summed E-state index contributed by atoms with van der Waals surface area (Å²) in [5, 5.41) is 3.82. The Hall–Kier alpha value is -2.04. The third-order valence-electron chi connectivity index (χ3n) is 3.77. The van der Waals surface area contributed by atoms with Gasteiger partial charge in [-0.1, -0.05) is 30.5 Å². The lowest BCUT2D eigenvalue weighted by atomic mass is 9.89. The molecule has 1 aliphatic carbocycles. The summed E-state index contributed by atoms with van der Waals surface area (Å²) < 4.78 is 19.1. The highest BCUT2D eigenvalue weighted by Crippen LogP contribution is 2.28. The standard InChI is InChI=1S/C16H18FN3O/c17-14(10-12-6-2-1-3-7-12)16-19-15(20-21-16)11-13-8-4-5-9-18-13/h4-5,8-10,12H,1-3,6-7,11H2/b14-10+. The molecule has 110 valence electrons. The molecule has 1 aliphatic rings. The van der Waals surface area contributed by atoms with Gasteiger partial charge in [-0.25, -0.2) is 4.39 Å². The van der Waals surface area contributed by atoms with Gasteiger partial charge in [0.2, 0.25) is 0 Å². The van der Waals surface area contributed by atoms with Gasteiger partial charge < -0.3 is 4.52 Å². The topological polar surface area (TPSA) is 51.8 Å². The zero-order valence-electron chi connectivity index (χ0n) is 11.8. The highest BCUT2D eigenvalue weighted by atomic mass is 19.1. The fourth-order valence-electron chi connectivity index (χ4n) is 2.67. The largest absolute Gasteiger partial charge is 0.331 e. The summed E-state index contributed by atoms with van der Waals surface area (Å²) in [5.74, 6) is 0.328. The summed E-state index contributed by atoms with van der Waals surface area (Å²) >= 11 is 0. The first-order valence-corrected chi connectivity index (χ1v) is 7.41. The van der Waals surface area contributed by atoms with E-state index in [2.05, 4.69) is 15.1 Å². The first kappa shape index (κ1) is 13.9. The van der Waals surface area contributed by atoms with E-state index in [1.165, 1.54) is 19.3 Å². The molecule has 1 saturated carbocycles. The minimum atomic E-state index is -0.401. The number of pyridine rings is 1. The van der Waals surface area contributed by atoms with Crippen molar-refractivity contribution >= 4 is 5.83 Å². The van der Waals surface area contributed by atoms with E-state index in [9.17, 15) is 4.39 Å². The van der Waals surface area contributed by atoms with Crippen molar-refractivity contribution in [3.05, 3.63) is 47.9 Å². The summed E-state index contributed by atoms with van der Waals surface area (Å²) in [5.41, 5.74) is 0.835. The molecule has 0 unspecified atom stereocenters. The molecule has 3 rings (SSSR count). The Morgan fingerprint density at radius 3 is 2.90 bits per heavy atom. The molecule has 0 spiro atoms. The van der Waals surface area contributed by atoms with Gasteiger partial charge in [0.25, 0.3) is 5.89 Å². The number of hydrogen-bond donors (Lipinski definition) is 0. The summed E-state index contributed by atoms with van der Waals surface area (Å²) in [4.78, 5) is 8.30. The Bertz CT molecular complexity index is 603. The Kier molecular flexibility index (Phi) is 4.38. The predicted octanol–water partition coefficient (Wildman–Crippen LogP) is 3.95. The van der Waals surface area contributed by atoms with Gasteiger partial charge in [0.05, 0.1) is 6.42 Å². The Morgan fingerprint density at radius 2 is 2.14 bits per heavy atom. The number of rotatable bonds is 4. The predicted molar refractivity (Wildman–Crippen MR) is 77.0 cm³/mol. The summed E-state index contributed by atoms with van der Waals surface area (Å²) in [6, 6.07) is 5.62. The monoisotopic (exact) mass is 287 g/mol. The van der Waals surface area contributed by atoms with E-state index in [-0.39, 0.29) is 5.89 Å². The zero-order valence-corrected chi connectivity index (χ0v) is 11.8. The van der Waals surface area contributed by atoms with E-state index in [4.69, 9.17) is 4.52 Å². The lowest BCUT2D eigenvalue weighted by Crippen LogP contribution is -2.03. The van der Waals surface area contributed by atoms with Gasteiger partial charge in [0.1, 0.15) is 0 Å². The van der Waals surface area contributed by atoms with Gasteiger partial charge in [-0.15, -0.1) is 0 Å². The fraction of sp³-hybridized carbons (Fsp3) is 0.438. The molecule has 2 heterocycles. The van der Waals surface area contributed by atoms with Crippen LogP contribution in [0, 0.1) is 5.92 Å². The van der Waals surface area contributed by atoms with Crippen LogP contribution in [0.5, 0.6) is 0 Å². The first-order chi connectivity index (χ1) is 10.3. The molecule has 2 aromatic rings. The van der Waals surface area contributed by atoms with Crippen LogP contribution >= 0.6 is 0 Å². The average Bonchev–Trinajstić information content (AvgIpc) is 2.98. The van der Waals surface area contributed by atoms with Crippen molar-refractivity contribution in [1.82, 2.24) is 15.1 Å². The second-order valence-electron chi connectivity index (χ2n) is 5.43. The van der Waals surface area contributed by atoms with Gasteiger partial charge >= 0.3 is 0 Å². The molecule has 0 amide bonds. The quantitative estimate of drug-likeness (QED) is 0.854. The van der Waals surface area contributed by atoms with Gasteiger partial charge in [-0.2, -0.15) is 4.98 Å². The van der Waals surface area contributed by atoms with Crippen LogP contribution in [-0.4, -0.2) is 15.1 Å². The minimum Gasteiger partial charge on any atom is -0.331 e. The average molecular weight is 287 g/mol. The van der Waals surface area contributed by atoms with Crippen LogP contribution in [-0.2, 0) is 6.42 Å². The summed E-state index contributed by atoms with van der Waals surface area (Å²) in [6.45, 7) is 0. The number of aromatic nitrogens is 3. The molecule has 0 saturated heterocycles. The molecule has 0 N–H and O–H groups in total. The van der Waals surface area contributed by atoms with E-state index in [0.29, 0.717) is 18.2 Å². The number of allylic oxidation sites excluding steroid dienone is 1. The zero-order chi connectivity index (χ0) is 14.5. The van der Waals surface area contributed by atoms with Gasteiger partial charge in [0, 0.05) is 11.9 Å². The first-order valence-electron chi connectivity index (χ1n) is 7.41. The normalized spacial score (nSPS) is 17.1. The highest BCUT2D eigenvalue weighted by molar-refractivity contribution is 5.50. The molecule has 0 atom stereocenters. The Balaban J connectivity index is 1.67. The summed E-state index contributed by atoms with van der Waals surface area (Å²) in [6.07, 6.45) is 9.47. The van der Waals surface area contributed by atoms with E-state index in [0.717, 1.165) is 18.5 Å². The third-order valence-corrected chi connectivity index (χ3v) is 3.77. The molecule has 0 aliphatic heterocycles. The van der Waals surface area contributed by atoms with E-state index >= 15 is 0 Å². The minimum absolute atomic E-state index is 0.0218. The molecule has 4 nitrogen and oxygen atoms in total. The van der Waals surface area contributed by atoms with Crippen LogP contribution in [0.25, 0.3) is 5.83 Å². The van der Waals surface area contributed by atoms with Crippen molar-refractivity contribution in [2.75, 3.05) is 0 Å². The molecular formula is C16H18FN3O. The highest BCUT2D eigenvalue weighted by Gasteiger charge is 2.16. The van der Waals surface area contributed by atoms with Gasteiger partial charge in [-0.05, 0) is 37.0 Å². The molecule has 5 heteroatoms. The SMILES string of the molecule is F/C(=C/C1CCCCC1)c1nc(Cc2ccccn2)no1. The number of halogens is 1. The van der Waals surface area contributed by atoms with Crippen LogP contribution in [0.2, 0.25) is 0 Å². The van der Waals surface area contributed by atoms with E-state index in [1.54, 1.807) is 12.3 Å². The van der Waals surface area contributed by atoms with Crippen molar-refractivity contribution in [2.45, 2.75) is 38.5 Å². The molecule has 2 aromatic heterocycles. The molecular weight excluding hydrogens is 269 g/mol. The smallest absolute Gasteiger partial charge is 0.286 e. The van der Waals surface area contributed by atoms with Crippen molar-refractivity contribution in [2.24, 2.45) is 5.92 Å². The molecule has 0 aromatic carbocycles. The van der Waals surface area contributed by atoms with Crippen LogP contribution in [0.4, 0.5) is 4.39 Å². The van der Waals surface area contributed by atoms with Crippen molar-refractivity contribution in [3.63, 3.8) is 0 Å². The van der Waals surface area contributed by atoms with Crippen molar-refractivity contribution in [1.29, 1.82) is 0 Å². The maximum atomic E-state index is 14.1. The molecule has 1 fully saturated rings. The fourth-order valence-corrected chi connectivity index (χ4v) is 2.67. The van der Waals surface area contributed by atoms with Crippen LogP contribution in [0.1, 0.15) is 49.5 Å². The maximum absolute atomic E-state index is 14.1. The van der Waals surface area contributed by atoms with E-state index in [1.807, 2.05) is 18.2 Å². The van der Waals surface area contributed by atoms with Crippen molar-refractivity contribution < 1.29 is 8.91 Å². The lowest BCUT2D eigenvalue weighted by Gasteiger charge is -2.17.